The summed E-state index contributed by atoms with van der Waals surface area (Å²) in [5.41, 5.74) is 1.37. The van der Waals surface area contributed by atoms with E-state index in [0.29, 0.717) is 0 Å². The van der Waals surface area contributed by atoms with E-state index in [4.69, 9.17) is 0 Å². The van der Waals surface area contributed by atoms with Gasteiger partial charge in [-0.2, -0.15) is 0 Å². The van der Waals surface area contributed by atoms with Crippen molar-refractivity contribution in [3.63, 3.8) is 0 Å². The predicted molar refractivity (Wildman–Crippen MR) is 146 cm³/mol. The van der Waals surface area contributed by atoms with Gasteiger partial charge in [0.05, 0.1) is 0 Å². The average molecular weight is 509 g/mol. The summed E-state index contributed by atoms with van der Waals surface area (Å²) in [4.78, 5) is 13.6. The van der Waals surface area contributed by atoms with Gasteiger partial charge in [0.2, 0.25) is 0 Å². The van der Waals surface area contributed by atoms with Crippen LogP contribution in [0.5, 0.6) is 0 Å². The lowest BCUT2D eigenvalue weighted by atomic mass is 10.2. The van der Waals surface area contributed by atoms with Crippen LogP contribution in [0.15, 0.2) is 77.5 Å². The lowest BCUT2D eigenvalue weighted by Crippen LogP contribution is -1.66. The van der Waals surface area contributed by atoms with Crippen LogP contribution < -0.4 is 0 Å². The number of hydrogen-bond acceptors (Lipinski definition) is 6. The normalized spacial score (nSPS) is 11.4. The maximum Gasteiger partial charge on any atom is 0.0471 e. The minimum absolute atomic E-state index is 1.35. The third-order valence-corrected chi connectivity index (χ3v) is 12.2. The van der Waals surface area contributed by atoms with E-state index in [1.165, 1.54) is 54.3 Å². The van der Waals surface area contributed by atoms with Gasteiger partial charge in [-0.25, -0.2) is 0 Å². The van der Waals surface area contributed by atoms with Gasteiger partial charge < -0.3 is 0 Å². The fraction of sp³-hybridized carbons (Fsp3) is 0.0400. The highest BCUT2D eigenvalue weighted by Gasteiger charge is 2.13. The Morgan fingerprint density at radius 3 is 1.29 bits per heavy atom. The first kappa shape index (κ1) is 19.9. The SMILES string of the molecule is Cc1ccsc1-c1ccc(-c2ccc(-c3ccc(-c4ccc(-c5cccs5)s4)s3)s2)s1. The lowest BCUT2D eigenvalue weighted by molar-refractivity contribution is 1.56. The molecule has 6 rings (SSSR count). The van der Waals surface area contributed by atoms with Gasteiger partial charge in [0.15, 0.2) is 0 Å². The molecule has 0 aromatic carbocycles. The van der Waals surface area contributed by atoms with Crippen LogP contribution in [0.4, 0.5) is 0 Å². The maximum absolute atomic E-state index is 2.27. The molecular weight excluding hydrogens is 493 g/mol. The zero-order chi connectivity index (χ0) is 20.8. The fourth-order valence-corrected chi connectivity index (χ4v) is 9.70. The van der Waals surface area contributed by atoms with Crippen molar-refractivity contribution in [2.75, 3.05) is 0 Å². The van der Waals surface area contributed by atoms with Gasteiger partial charge in [-0.3, -0.25) is 0 Å². The standard InChI is InChI=1S/C25H16S6/c1-15-12-14-27-25(15)24-11-10-23(31-24)22-9-8-21(30-22)20-7-6-19(29-20)18-5-4-17(28-18)16-3-2-13-26-16/h2-14H,1H3. The largest absolute Gasteiger partial charge is 0.143 e. The van der Waals surface area contributed by atoms with E-state index in [2.05, 4.69) is 84.4 Å². The van der Waals surface area contributed by atoms with E-state index in [1.807, 2.05) is 56.7 Å². The first-order valence-corrected chi connectivity index (χ1v) is 14.8. The van der Waals surface area contributed by atoms with Crippen molar-refractivity contribution in [2.24, 2.45) is 0 Å². The highest BCUT2D eigenvalue weighted by molar-refractivity contribution is 7.30. The second kappa shape index (κ2) is 8.28. The van der Waals surface area contributed by atoms with E-state index >= 15 is 0 Å². The molecule has 0 N–H and O–H groups in total. The smallest absolute Gasteiger partial charge is 0.0471 e. The van der Waals surface area contributed by atoms with Crippen molar-refractivity contribution in [1.82, 2.24) is 0 Å². The van der Waals surface area contributed by atoms with Crippen LogP contribution in [0.25, 0.3) is 48.8 Å². The van der Waals surface area contributed by atoms with Gasteiger partial charge in [-0.1, -0.05) is 6.07 Å². The van der Waals surface area contributed by atoms with Crippen molar-refractivity contribution in [1.29, 1.82) is 0 Å². The molecule has 0 bridgehead atoms. The lowest BCUT2D eigenvalue weighted by Gasteiger charge is -1.94. The summed E-state index contributed by atoms with van der Waals surface area (Å²) < 4.78 is 0. The Morgan fingerprint density at radius 1 is 0.419 bits per heavy atom. The van der Waals surface area contributed by atoms with Crippen LogP contribution in [0.1, 0.15) is 5.56 Å². The van der Waals surface area contributed by atoms with Gasteiger partial charge >= 0.3 is 0 Å². The zero-order valence-electron chi connectivity index (χ0n) is 16.5. The molecule has 0 amide bonds. The molecule has 0 nitrogen and oxygen atoms in total. The molecule has 6 heteroatoms. The highest BCUT2D eigenvalue weighted by Crippen LogP contribution is 2.45. The molecule has 0 spiro atoms. The first-order valence-electron chi connectivity index (χ1n) is 9.73. The molecule has 0 saturated carbocycles. The molecule has 152 valence electrons. The van der Waals surface area contributed by atoms with E-state index < -0.39 is 0 Å². The van der Waals surface area contributed by atoms with Crippen molar-refractivity contribution < 1.29 is 0 Å². The zero-order valence-corrected chi connectivity index (χ0v) is 21.4. The molecule has 6 aromatic heterocycles. The molecule has 0 aliphatic carbocycles. The molecular formula is C25H16S6. The van der Waals surface area contributed by atoms with Crippen molar-refractivity contribution in [2.45, 2.75) is 6.92 Å². The van der Waals surface area contributed by atoms with E-state index in [0.717, 1.165) is 0 Å². The summed E-state index contributed by atoms with van der Waals surface area (Å²) >= 11 is 11.2. The van der Waals surface area contributed by atoms with Crippen molar-refractivity contribution in [3.8, 4) is 48.8 Å². The molecule has 31 heavy (non-hydrogen) atoms. The van der Waals surface area contributed by atoms with Crippen LogP contribution in [0.2, 0.25) is 0 Å². The topological polar surface area (TPSA) is 0 Å². The Bertz CT molecular complexity index is 1450. The summed E-state index contributed by atoms with van der Waals surface area (Å²) in [5, 5.41) is 4.32. The van der Waals surface area contributed by atoms with Crippen LogP contribution in [-0.2, 0) is 0 Å². The summed E-state index contributed by atoms with van der Waals surface area (Å²) in [6.07, 6.45) is 0. The summed E-state index contributed by atoms with van der Waals surface area (Å²) in [5.74, 6) is 0. The molecule has 6 aromatic rings. The van der Waals surface area contributed by atoms with Crippen LogP contribution in [-0.4, -0.2) is 0 Å². The molecule has 0 fully saturated rings. The van der Waals surface area contributed by atoms with E-state index in [-0.39, 0.29) is 0 Å². The number of hydrogen-bond donors (Lipinski definition) is 0. The van der Waals surface area contributed by atoms with Gasteiger partial charge in [0.25, 0.3) is 0 Å². The van der Waals surface area contributed by atoms with E-state index in [9.17, 15) is 0 Å². The van der Waals surface area contributed by atoms with Gasteiger partial charge in [0.1, 0.15) is 0 Å². The molecule has 0 aliphatic rings. The van der Waals surface area contributed by atoms with Crippen molar-refractivity contribution in [3.05, 3.63) is 83.1 Å². The third kappa shape index (κ3) is 3.82. The Hall–Kier alpha value is -1.80. The fourth-order valence-electron chi connectivity index (χ4n) is 3.44. The molecule has 6 heterocycles. The molecule has 0 saturated heterocycles. The highest BCUT2D eigenvalue weighted by atomic mass is 32.1. The van der Waals surface area contributed by atoms with Gasteiger partial charge in [-0.05, 0) is 83.9 Å². The second-order valence-corrected chi connectivity index (χ2v) is 13.3. The Labute approximate surface area is 205 Å². The monoisotopic (exact) mass is 508 g/mol. The molecule has 0 radical (unpaired) electrons. The predicted octanol–water partition coefficient (Wildman–Crippen LogP) is 10.7. The molecule has 0 unspecified atom stereocenters. The molecule has 0 aliphatic heterocycles. The second-order valence-electron chi connectivity index (χ2n) is 7.07. The number of rotatable bonds is 5. The Kier molecular flexibility index (Phi) is 5.30. The molecule has 0 atom stereocenters. The van der Waals surface area contributed by atoms with Crippen LogP contribution in [0, 0.1) is 6.92 Å². The minimum atomic E-state index is 1.35. The third-order valence-electron chi connectivity index (χ3n) is 5.00. The summed E-state index contributed by atoms with van der Waals surface area (Å²) in [6.45, 7) is 2.19. The first-order chi connectivity index (χ1) is 15.2. The summed E-state index contributed by atoms with van der Waals surface area (Å²) in [7, 11) is 0. The average Bonchev–Trinajstić information content (AvgIpc) is 3.60. The Balaban J connectivity index is 1.26. The maximum atomic E-state index is 2.27. The summed E-state index contributed by atoms with van der Waals surface area (Å²) in [6, 6.07) is 24.7. The number of thiophene rings is 6. The van der Waals surface area contributed by atoms with Gasteiger partial charge in [0, 0.05) is 48.8 Å². The van der Waals surface area contributed by atoms with E-state index in [1.54, 1.807) is 11.3 Å². The van der Waals surface area contributed by atoms with Crippen LogP contribution in [0.3, 0.4) is 0 Å². The van der Waals surface area contributed by atoms with Crippen LogP contribution >= 0.6 is 68.0 Å². The minimum Gasteiger partial charge on any atom is -0.143 e. The Morgan fingerprint density at radius 2 is 0.871 bits per heavy atom. The number of aryl methyl sites for hydroxylation is 1. The quantitative estimate of drug-likeness (QED) is 0.217. The van der Waals surface area contributed by atoms with Gasteiger partial charge in [-0.15, -0.1) is 68.0 Å². The van der Waals surface area contributed by atoms with Crippen molar-refractivity contribution >= 4 is 68.0 Å².